The molecule has 7 heteroatoms. The summed E-state index contributed by atoms with van der Waals surface area (Å²) in [6.07, 6.45) is 1.28. The number of rotatable bonds is 4. The molecule has 0 aliphatic heterocycles. The number of carbonyl (C=O) groups excluding carboxylic acids is 1. The zero-order chi connectivity index (χ0) is 15.2. The van der Waals surface area contributed by atoms with Crippen LogP contribution in [0.5, 0.6) is 0 Å². The molecule has 0 radical (unpaired) electrons. The minimum atomic E-state index is -0.591. The highest BCUT2D eigenvalue weighted by Crippen LogP contribution is 2.12. The standard InChI is InChI=1S/C14H10FN3O3/c15-12-5-1-3-10(7-12)9-16-17-14(19)11-4-2-6-13(8-11)18(20)21/h1-9H,(H,17,19)/b16-9-. The van der Waals surface area contributed by atoms with E-state index in [4.69, 9.17) is 0 Å². The number of nitrogens with zero attached hydrogens (tertiary/aromatic N) is 2. The molecule has 106 valence electrons. The van der Waals surface area contributed by atoms with Crippen LogP contribution in [0, 0.1) is 15.9 Å². The van der Waals surface area contributed by atoms with Gasteiger partial charge in [0.15, 0.2) is 0 Å². The predicted molar refractivity (Wildman–Crippen MR) is 74.6 cm³/mol. The monoisotopic (exact) mass is 287 g/mol. The summed E-state index contributed by atoms with van der Waals surface area (Å²) >= 11 is 0. The Kier molecular flexibility index (Phi) is 4.35. The van der Waals surface area contributed by atoms with Crippen LogP contribution in [0.25, 0.3) is 0 Å². The molecule has 1 amide bonds. The molecule has 2 aromatic carbocycles. The third kappa shape index (κ3) is 3.93. The Bertz CT molecular complexity index is 716. The Labute approximate surface area is 119 Å². The first-order valence-corrected chi connectivity index (χ1v) is 5.90. The number of hydrazone groups is 1. The van der Waals surface area contributed by atoms with E-state index in [-0.39, 0.29) is 11.3 Å². The van der Waals surface area contributed by atoms with Gasteiger partial charge >= 0.3 is 0 Å². The van der Waals surface area contributed by atoms with E-state index in [0.29, 0.717) is 5.56 Å². The summed E-state index contributed by atoms with van der Waals surface area (Å²) in [5.74, 6) is -1.00. The Hall–Kier alpha value is -3.09. The van der Waals surface area contributed by atoms with Crippen LogP contribution in [0.15, 0.2) is 53.6 Å². The van der Waals surface area contributed by atoms with E-state index in [0.717, 1.165) is 6.07 Å². The summed E-state index contributed by atoms with van der Waals surface area (Å²) in [7, 11) is 0. The van der Waals surface area contributed by atoms with Gasteiger partial charge < -0.3 is 0 Å². The van der Waals surface area contributed by atoms with Crippen molar-refractivity contribution in [3.8, 4) is 0 Å². The minimum Gasteiger partial charge on any atom is -0.267 e. The van der Waals surface area contributed by atoms with Crippen molar-refractivity contribution in [1.29, 1.82) is 0 Å². The van der Waals surface area contributed by atoms with Gasteiger partial charge in [-0.05, 0) is 23.8 Å². The second kappa shape index (κ2) is 6.38. The largest absolute Gasteiger partial charge is 0.271 e. The lowest BCUT2D eigenvalue weighted by atomic mass is 10.2. The molecule has 0 saturated carbocycles. The lowest BCUT2D eigenvalue weighted by Gasteiger charge is -1.99. The molecule has 2 aromatic rings. The van der Waals surface area contributed by atoms with Gasteiger partial charge in [-0.25, -0.2) is 9.82 Å². The zero-order valence-electron chi connectivity index (χ0n) is 10.7. The molecule has 0 heterocycles. The second-order valence-corrected chi connectivity index (χ2v) is 4.06. The highest BCUT2D eigenvalue weighted by Gasteiger charge is 2.10. The average molecular weight is 287 g/mol. The predicted octanol–water partition coefficient (Wildman–Crippen LogP) is 2.50. The maximum Gasteiger partial charge on any atom is 0.271 e. The summed E-state index contributed by atoms with van der Waals surface area (Å²) in [4.78, 5) is 21.8. The lowest BCUT2D eigenvalue weighted by molar-refractivity contribution is -0.384. The van der Waals surface area contributed by atoms with Crippen LogP contribution >= 0.6 is 0 Å². The number of nitro groups is 1. The molecule has 2 rings (SSSR count). The van der Waals surface area contributed by atoms with Gasteiger partial charge in [0.1, 0.15) is 5.82 Å². The molecule has 0 spiro atoms. The molecular formula is C14H10FN3O3. The molecule has 0 aromatic heterocycles. The van der Waals surface area contributed by atoms with Gasteiger partial charge in [0.05, 0.1) is 11.1 Å². The molecule has 0 aliphatic rings. The van der Waals surface area contributed by atoms with E-state index in [1.165, 1.54) is 42.6 Å². The average Bonchev–Trinajstić information content (AvgIpc) is 2.47. The fraction of sp³-hybridized carbons (Fsp3) is 0. The van der Waals surface area contributed by atoms with Crippen molar-refractivity contribution in [2.45, 2.75) is 0 Å². The number of non-ortho nitro benzene ring substituents is 1. The highest BCUT2D eigenvalue weighted by molar-refractivity contribution is 5.95. The first-order valence-electron chi connectivity index (χ1n) is 5.90. The van der Waals surface area contributed by atoms with Crippen molar-refractivity contribution < 1.29 is 14.1 Å². The van der Waals surface area contributed by atoms with Crippen molar-refractivity contribution in [1.82, 2.24) is 5.43 Å². The fourth-order valence-electron chi connectivity index (χ4n) is 1.58. The number of carbonyl (C=O) groups is 1. The van der Waals surface area contributed by atoms with Gasteiger partial charge in [-0.15, -0.1) is 0 Å². The summed E-state index contributed by atoms with van der Waals surface area (Å²) in [5.41, 5.74) is 2.63. The fourth-order valence-corrected chi connectivity index (χ4v) is 1.58. The number of nitrogens with one attached hydrogen (secondary N) is 1. The van der Waals surface area contributed by atoms with Crippen LogP contribution in [0.2, 0.25) is 0 Å². The van der Waals surface area contributed by atoms with E-state index >= 15 is 0 Å². The molecule has 0 bridgehead atoms. The van der Waals surface area contributed by atoms with Gasteiger partial charge in [0.25, 0.3) is 11.6 Å². The van der Waals surface area contributed by atoms with Crippen LogP contribution in [0.1, 0.15) is 15.9 Å². The van der Waals surface area contributed by atoms with Crippen LogP contribution in [0.4, 0.5) is 10.1 Å². The third-order valence-corrected chi connectivity index (χ3v) is 2.55. The van der Waals surface area contributed by atoms with Crippen LogP contribution in [0.3, 0.4) is 0 Å². The van der Waals surface area contributed by atoms with Crippen molar-refractivity contribution in [3.63, 3.8) is 0 Å². The molecule has 0 unspecified atom stereocenters. The Morgan fingerprint density at radius 1 is 1.24 bits per heavy atom. The van der Waals surface area contributed by atoms with Gasteiger partial charge in [0.2, 0.25) is 0 Å². The normalized spacial score (nSPS) is 10.5. The van der Waals surface area contributed by atoms with E-state index in [1.54, 1.807) is 6.07 Å². The smallest absolute Gasteiger partial charge is 0.267 e. The Balaban J connectivity index is 2.05. The maximum absolute atomic E-state index is 12.9. The van der Waals surface area contributed by atoms with Crippen LogP contribution in [-0.2, 0) is 0 Å². The van der Waals surface area contributed by atoms with E-state index in [1.807, 2.05) is 0 Å². The highest BCUT2D eigenvalue weighted by atomic mass is 19.1. The SMILES string of the molecule is O=C(N/N=C\c1cccc(F)c1)c1cccc([N+](=O)[O-])c1. The van der Waals surface area contributed by atoms with Crippen molar-refractivity contribution in [2.24, 2.45) is 5.10 Å². The number of amides is 1. The zero-order valence-corrected chi connectivity index (χ0v) is 10.7. The van der Waals surface area contributed by atoms with E-state index in [9.17, 15) is 19.3 Å². The molecule has 0 saturated heterocycles. The molecule has 0 atom stereocenters. The van der Waals surface area contributed by atoms with Gasteiger partial charge in [-0.2, -0.15) is 5.10 Å². The number of halogens is 1. The second-order valence-electron chi connectivity index (χ2n) is 4.06. The number of hydrogen-bond acceptors (Lipinski definition) is 4. The minimum absolute atomic E-state index is 0.112. The maximum atomic E-state index is 12.9. The molecule has 1 N–H and O–H groups in total. The summed E-state index contributed by atoms with van der Waals surface area (Å²) < 4.78 is 12.9. The summed E-state index contributed by atoms with van der Waals surface area (Å²) in [6.45, 7) is 0. The lowest BCUT2D eigenvalue weighted by Crippen LogP contribution is -2.17. The topological polar surface area (TPSA) is 84.6 Å². The Morgan fingerprint density at radius 3 is 2.71 bits per heavy atom. The molecule has 0 aliphatic carbocycles. The summed E-state index contributed by atoms with van der Waals surface area (Å²) in [5, 5.41) is 14.3. The van der Waals surface area contributed by atoms with Gasteiger partial charge in [-0.1, -0.05) is 18.2 Å². The Morgan fingerprint density at radius 2 is 2.00 bits per heavy atom. The number of nitro benzene ring substituents is 1. The quantitative estimate of drug-likeness (QED) is 0.532. The molecule has 0 fully saturated rings. The van der Waals surface area contributed by atoms with E-state index in [2.05, 4.69) is 10.5 Å². The van der Waals surface area contributed by atoms with Crippen LogP contribution in [-0.4, -0.2) is 17.0 Å². The molecular weight excluding hydrogens is 277 g/mol. The van der Waals surface area contributed by atoms with Crippen molar-refractivity contribution >= 4 is 17.8 Å². The van der Waals surface area contributed by atoms with Crippen molar-refractivity contribution in [3.05, 3.63) is 75.6 Å². The van der Waals surface area contributed by atoms with E-state index < -0.39 is 16.6 Å². The summed E-state index contributed by atoms with van der Waals surface area (Å²) in [6, 6.07) is 10.9. The number of benzene rings is 2. The molecule has 6 nitrogen and oxygen atoms in total. The molecule has 21 heavy (non-hydrogen) atoms. The third-order valence-electron chi connectivity index (χ3n) is 2.55. The van der Waals surface area contributed by atoms with Crippen molar-refractivity contribution in [2.75, 3.05) is 0 Å². The van der Waals surface area contributed by atoms with Crippen LogP contribution < -0.4 is 5.43 Å². The van der Waals surface area contributed by atoms with Gasteiger partial charge in [0, 0.05) is 17.7 Å². The van der Waals surface area contributed by atoms with Gasteiger partial charge in [-0.3, -0.25) is 14.9 Å². The first-order chi connectivity index (χ1) is 10.1. The first kappa shape index (κ1) is 14.3. The number of hydrogen-bond donors (Lipinski definition) is 1.